The molecule has 0 fully saturated rings. The molecule has 0 radical (unpaired) electrons. The fourth-order valence-corrected chi connectivity index (χ4v) is 2.56. The molecule has 0 aliphatic rings. The number of primary amides is 1. The minimum absolute atomic E-state index is 0.0327. The summed E-state index contributed by atoms with van der Waals surface area (Å²) in [6.45, 7) is 0. The Morgan fingerprint density at radius 2 is 1.75 bits per heavy atom. The number of hydrogen-bond donors (Lipinski definition) is 2. The quantitative estimate of drug-likeness (QED) is 0.809. The Balaban J connectivity index is 2.22. The van der Waals surface area contributed by atoms with E-state index in [-0.39, 0.29) is 6.42 Å². The van der Waals surface area contributed by atoms with Crippen molar-refractivity contribution in [2.75, 3.05) is 0 Å². The predicted octanol–water partition coefficient (Wildman–Crippen LogP) is 2.69. The van der Waals surface area contributed by atoms with Gasteiger partial charge in [-0.05, 0) is 17.7 Å². The highest BCUT2D eigenvalue weighted by Crippen LogP contribution is 2.16. The fourth-order valence-electron chi connectivity index (χ4n) is 2.11. The number of benzene rings is 2. The summed E-state index contributed by atoms with van der Waals surface area (Å²) in [6.07, 6.45) is 0.0327. The van der Waals surface area contributed by atoms with Crippen LogP contribution in [0, 0.1) is 17.5 Å². The van der Waals surface area contributed by atoms with Crippen molar-refractivity contribution in [3.63, 3.8) is 0 Å². The molecule has 0 saturated carbocycles. The van der Waals surface area contributed by atoms with Gasteiger partial charge < -0.3 is 11.1 Å². The summed E-state index contributed by atoms with van der Waals surface area (Å²) in [4.78, 5) is 23.6. The highest BCUT2D eigenvalue weighted by molar-refractivity contribution is 9.10. The molecule has 24 heavy (non-hydrogen) atoms. The van der Waals surface area contributed by atoms with E-state index >= 15 is 0 Å². The molecule has 2 aromatic carbocycles. The molecule has 0 unspecified atom stereocenters. The monoisotopic (exact) mass is 400 g/mol. The highest BCUT2D eigenvalue weighted by atomic mass is 79.9. The number of nitrogens with one attached hydrogen (secondary N) is 1. The van der Waals surface area contributed by atoms with Gasteiger partial charge in [0.25, 0.3) is 5.91 Å². The van der Waals surface area contributed by atoms with Crippen molar-refractivity contribution in [3.8, 4) is 0 Å². The largest absolute Gasteiger partial charge is 0.368 e. The second-order valence-corrected chi connectivity index (χ2v) is 5.92. The third kappa shape index (κ3) is 4.35. The van der Waals surface area contributed by atoms with Crippen LogP contribution >= 0.6 is 15.9 Å². The van der Waals surface area contributed by atoms with Gasteiger partial charge in [-0.15, -0.1) is 0 Å². The molecule has 0 bridgehead atoms. The Bertz CT molecular complexity index is 776. The molecule has 2 amide bonds. The molecule has 0 heterocycles. The van der Waals surface area contributed by atoms with Gasteiger partial charge in [0.05, 0.1) is 0 Å². The Labute approximate surface area is 144 Å². The first-order valence-electron chi connectivity index (χ1n) is 6.77. The number of carbonyl (C=O) groups excluding carboxylic acids is 2. The van der Waals surface area contributed by atoms with Crippen LogP contribution in [0.4, 0.5) is 13.2 Å². The highest BCUT2D eigenvalue weighted by Gasteiger charge is 2.24. The van der Waals surface area contributed by atoms with Crippen molar-refractivity contribution >= 4 is 27.7 Å². The van der Waals surface area contributed by atoms with Gasteiger partial charge in [0.1, 0.15) is 29.1 Å². The van der Waals surface area contributed by atoms with Crippen molar-refractivity contribution in [1.29, 1.82) is 0 Å². The van der Waals surface area contributed by atoms with Gasteiger partial charge in [0.15, 0.2) is 0 Å². The Kier molecular flexibility index (Phi) is 5.61. The van der Waals surface area contributed by atoms with Crippen LogP contribution in [-0.4, -0.2) is 17.9 Å². The van der Waals surface area contributed by atoms with Crippen LogP contribution in [0.3, 0.4) is 0 Å². The molecule has 8 heteroatoms. The van der Waals surface area contributed by atoms with Crippen LogP contribution < -0.4 is 11.1 Å². The SMILES string of the molecule is NC(=O)[C@@H](Cc1cccc(Br)c1)NC(=O)c1c(F)cc(F)cc1F. The predicted molar refractivity (Wildman–Crippen MR) is 84.6 cm³/mol. The van der Waals surface area contributed by atoms with Gasteiger partial charge in [-0.25, -0.2) is 13.2 Å². The van der Waals surface area contributed by atoms with Crippen LogP contribution in [0.5, 0.6) is 0 Å². The first-order valence-corrected chi connectivity index (χ1v) is 7.56. The molecule has 126 valence electrons. The maximum Gasteiger partial charge on any atom is 0.257 e. The van der Waals surface area contributed by atoms with Crippen LogP contribution in [-0.2, 0) is 11.2 Å². The van der Waals surface area contributed by atoms with E-state index in [1.54, 1.807) is 24.3 Å². The van der Waals surface area contributed by atoms with Crippen LogP contribution in [0.15, 0.2) is 40.9 Å². The molecule has 2 rings (SSSR count). The van der Waals surface area contributed by atoms with E-state index < -0.39 is 40.9 Å². The van der Waals surface area contributed by atoms with Gasteiger partial charge in [-0.1, -0.05) is 28.1 Å². The Morgan fingerprint density at radius 3 is 2.29 bits per heavy atom. The molecule has 2 aromatic rings. The van der Waals surface area contributed by atoms with Crippen molar-refractivity contribution in [3.05, 3.63) is 69.4 Å². The van der Waals surface area contributed by atoms with E-state index in [0.717, 1.165) is 4.47 Å². The van der Waals surface area contributed by atoms with Crippen molar-refractivity contribution in [2.24, 2.45) is 5.73 Å². The van der Waals surface area contributed by atoms with Gasteiger partial charge >= 0.3 is 0 Å². The number of carbonyl (C=O) groups is 2. The average Bonchev–Trinajstić information content (AvgIpc) is 2.45. The molecular weight excluding hydrogens is 389 g/mol. The molecule has 0 aliphatic carbocycles. The van der Waals surface area contributed by atoms with E-state index in [2.05, 4.69) is 21.2 Å². The number of nitrogens with two attached hydrogens (primary N) is 1. The van der Waals surface area contributed by atoms with Crippen LogP contribution in [0.1, 0.15) is 15.9 Å². The Morgan fingerprint density at radius 1 is 1.12 bits per heavy atom. The van der Waals surface area contributed by atoms with E-state index in [0.29, 0.717) is 17.7 Å². The number of hydrogen-bond acceptors (Lipinski definition) is 2. The molecule has 0 spiro atoms. The molecule has 4 nitrogen and oxygen atoms in total. The molecule has 0 aliphatic heterocycles. The summed E-state index contributed by atoms with van der Waals surface area (Å²) >= 11 is 3.26. The van der Waals surface area contributed by atoms with Gasteiger partial charge in [-0.2, -0.15) is 0 Å². The summed E-state index contributed by atoms with van der Waals surface area (Å²) in [5, 5.41) is 2.17. The van der Waals surface area contributed by atoms with Crippen molar-refractivity contribution < 1.29 is 22.8 Å². The Hall–Kier alpha value is -2.35. The summed E-state index contributed by atoms with van der Waals surface area (Å²) in [5.74, 6) is -5.94. The second-order valence-electron chi connectivity index (χ2n) is 5.01. The molecule has 3 N–H and O–H groups in total. The van der Waals surface area contributed by atoms with Crippen molar-refractivity contribution in [2.45, 2.75) is 12.5 Å². The molecule has 0 aromatic heterocycles. The first kappa shape index (κ1) is 18.0. The number of rotatable bonds is 5. The number of halogens is 4. The van der Waals surface area contributed by atoms with Crippen LogP contribution in [0.2, 0.25) is 0 Å². The van der Waals surface area contributed by atoms with E-state index in [9.17, 15) is 22.8 Å². The minimum atomic E-state index is -1.37. The maximum absolute atomic E-state index is 13.6. The van der Waals surface area contributed by atoms with Gasteiger partial charge in [0.2, 0.25) is 5.91 Å². The van der Waals surface area contributed by atoms with E-state index in [1.807, 2.05) is 0 Å². The maximum atomic E-state index is 13.6. The normalized spacial score (nSPS) is 11.8. The summed E-state index contributed by atoms with van der Waals surface area (Å²) in [6, 6.07) is 6.48. The summed E-state index contributed by atoms with van der Waals surface area (Å²) in [7, 11) is 0. The lowest BCUT2D eigenvalue weighted by Gasteiger charge is -2.16. The minimum Gasteiger partial charge on any atom is -0.368 e. The lowest BCUT2D eigenvalue weighted by Crippen LogP contribution is -2.46. The van der Waals surface area contributed by atoms with Crippen LogP contribution in [0.25, 0.3) is 0 Å². The lowest BCUT2D eigenvalue weighted by molar-refractivity contribution is -0.119. The molecule has 1 atom stereocenters. The molecule has 0 saturated heterocycles. The third-order valence-corrected chi connectivity index (χ3v) is 3.70. The van der Waals surface area contributed by atoms with Crippen molar-refractivity contribution in [1.82, 2.24) is 5.32 Å². The molecular formula is C16H12BrF3N2O2. The van der Waals surface area contributed by atoms with Gasteiger partial charge in [0, 0.05) is 23.0 Å². The first-order chi connectivity index (χ1) is 11.3. The standard InChI is InChI=1S/C16H12BrF3N2O2/c17-9-3-1-2-8(4-9)5-13(15(21)23)22-16(24)14-11(19)6-10(18)7-12(14)20/h1-4,6-7,13H,5H2,(H2,21,23)(H,22,24)/t13-/m1/s1. The summed E-state index contributed by atoms with van der Waals surface area (Å²) < 4.78 is 40.9. The smallest absolute Gasteiger partial charge is 0.257 e. The van der Waals surface area contributed by atoms with E-state index in [4.69, 9.17) is 5.73 Å². The number of amides is 2. The average molecular weight is 401 g/mol. The zero-order valence-electron chi connectivity index (χ0n) is 12.2. The van der Waals surface area contributed by atoms with Gasteiger partial charge in [-0.3, -0.25) is 9.59 Å². The zero-order chi connectivity index (χ0) is 17.9. The lowest BCUT2D eigenvalue weighted by atomic mass is 10.0. The summed E-state index contributed by atoms with van der Waals surface area (Å²) in [5.41, 5.74) is 4.94. The zero-order valence-corrected chi connectivity index (χ0v) is 13.7. The van der Waals surface area contributed by atoms with E-state index in [1.165, 1.54) is 0 Å². The second kappa shape index (κ2) is 7.48. The topological polar surface area (TPSA) is 72.2 Å². The fraction of sp³-hybridized carbons (Fsp3) is 0.125. The third-order valence-electron chi connectivity index (χ3n) is 3.21.